The molecule has 0 spiro atoms. The Kier molecular flexibility index (Phi) is 5.40. The van der Waals surface area contributed by atoms with E-state index in [0.29, 0.717) is 12.0 Å². The fourth-order valence-corrected chi connectivity index (χ4v) is 3.68. The lowest BCUT2D eigenvalue weighted by atomic mass is 9.97. The lowest BCUT2D eigenvalue weighted by Gasteiger charge is -2.37. The molecule has 1 N–H and O–H groups in total. The smallest absolute Gasteiger partial charge is 0.202 e. The van der Waals surface area contributed by atoms with Crippen LogP contribution in [0.2, 0.25) is 0 Å². The molecule has 1 aromatic heterocycles. The van der Waals surface area contributed by atoms with Gasteiger partial charge in [-0.15, -0.1) is 0 Å². The summed E-state index contributed by atoms with van der Waals surface area (Å²) in [6, 6.07) is 0.491. The van der Waals surface area contributed by atoms with Crippen LogP contribution < -0.4 is 5.32 Å². The number of aromatic nitrogens is 2. The van der Waals surface area contributed by atoms with Crippen LogP contribution >= 0.6 is 11.5 Å². The molecule has 0 unspecified atom stereocenters. The normalized spacial score (nSPS) is 25.1. The third-order valence-corrected chi connectivity index (χ3v) is 4.98. The summed E-state index contributed by atoms with van der Waals surface area (Å²) < 4.78 is 15.4. The number of anilines is 1. The van der Waals surface area contributed by atoms with Gasteiger partial charge >= 0.3 is 0 Å². The number of rotatable bonds is 6. The maximum absolute atomic E-state index is 5.59. The molecule has 0 amide bonds. The third kappa shape index (κ3) is 3.91. The second kappa shape index (κ2) is 7.49. The van der Waals surface area contributed by atoms with Gasteiger partial charge in [-0.05, 0) is 6.42 Å². The summed E-state index contributed by atoms with van der Waals surface area (Å²) in [7, 11) is 0. The van der Waals surface area contributed by atoms with Gasteiger partial charge in [-0.1, -0.05) is 6.92 Å². The minimum absolute atomic E-state index is 0.491. The van der Waals surface area contributed by atoms with Crippen LogP contribution in [0.5, 0.6) is 0 Å². The van der Waals surface area contributed by atoms with E-state index in [-0.39, 0.29) is 0 Å². The Morgan fingerprint density at radius 3 is 2.86 bits per heavy atom. The van der Waals surface area contributed by atoms with Crippen LogP contribution in [-0.4, -0.2) is 66.4 Å². The number of ether oxygens (including phenoxy) is 2. The van der Waals surface area contributed by atoms with Crippen molar-refractivity contribution in [3.05, 3.63) is 5.82 Å². The predicted octanol–water partition coefficient (Wildman–Crippen LogP) is 1.25. The highest BCUT2D eigenvalue weighted by atomic mass is 32.1. The van der Waals surface area contributed by atoms with Crippen molar-refractivity contribution in [3.8, 4) is 0 Å². The molecule has 0 aromatic carbocycles. The maximum Gasteiger partial charge on any atom is 0.202 e. The number of aryl methyl sites for hydroxylation is 1. The van der Waals surface area contributed by atoms with Crippen LogP contribution in [0.1, 0.15) is 19.2 Å². The van der Waals surface area contributed by atoms with Crippen molar-refractivity contribution < 1.29 is 9.47 Å². The van der Waals surface area contributed by atoms with E-state index in [9.17, 15) is 0 Å². The second-order valence-corrected chi connectivity index (χ2v) is 6.34. The summed E-state index contributed by atoms with van der Waals surface area (Å²) in [4.78, 5) is 7.03. The molecule has 3 heterocycles. The molecule has 2 saturated heterocycles. The lowest BCUT2D eigenvalue weighted by Crippen LogP contribution is -2.50. The standard InChI is InChI=1S/C14H24N4O2S/c1-2-13-16-14(21-17-13)15-9-12(11-3-6-20-10-11)18-4-7-19-8-5-18/h11-12H,2-10H2,1H3,(H,15,16,17)/t11-,12+/m1/s1. The van der Waals surface area contributed by atoms with Crippen molar-refractivity contribution in [1.29, 1.82) is 0 Å². The molecule has 7 heteroatoms. The van der Waals surface area contributed by atoms with E-state index in [1.165, 1.54) is 11.5 Å². The zero-order chi connectivity index (χ0) is 14.5. The van der Waals surface area contributed by atoms with Crippen LogP contribution in [0.3, 0.4) is 0 Å². The first-order chi connectivity index (χ1) is 10.4. The topological polar surface area (TPSA) is 59.5 Å². The maximum atomic E-state index is 5.59. The average molecular weight is 312 g/mol. The van der Waals surface area contributed by atoms with E-state index < -0.39 is 0 Å². The molecule has 2 atom stereocenters. The first kappa shape index (κ1) is 15.1. The molecule has 118 valence electrons. The Hall–Kier alpha value is -0.760. The Labute approximate surface area is 130 Å². The average Bonchev–Trinajstić information content (AvgIpc) is 3.20. The van der Waals surface area contributed by atoms with Crippen LogP contribution in [0.15, 0.2) is 0 Å². The van der Waals surface area contributed by atoms with Crippen molar-refractivity contribution in [2.24, 2.45) is 5.92 Å². The SMILES string of the molecule is CCc1nsc(NC[C@@H]([C@@H]2CCOC2)N2CCOCC2)n1. The molecule has 2 aliphatic rings. The van der Waals surface area contributed by atoms with Crippen molar-refractivity contribution in [2.45, 2.75) is 25.8 Å². The molecule has 0 saturated carbocycles. The first-order valence-electron chi connectivity index (χ1n) is 7.83. The monoisotopic (exact) mass is 312 g/mol. The van der Waals surface area contributed by atoms with E-state index in [1.807, 2.05) is 0 Å². The van der Waals surface area contributed by atoms with Crippen molar-refractivity contribution >= 4 is 16.7 Å². The van der Waals surface area contributed by atoms with Crippen LogP contribution in [0, 0.1) is 5.92 Å². The number of nitrogens with one attached hydrogen (secondary N) is 1. The molecule has 0 radical (unpaired) electrons. The fourth-order valence-electron chi connectivity index (χ4n) is 3.02. The molecule has 6 nitrogen and oxygen atoms in total. The van der Waals surface area contributed by atoms with Gasteiger partial charge in [0.15, 0.2) is 0 Å². The Balaban J connectivity index is 1.60. The molecule has 21 heavy (non-hydrogen) atoms. The molecule has 2 aliphatic heterocycles. The number of hydrogen-bond donors (Lipinski definition) is 1. The summed E-state index contributed by atoms with van der Waals surface area (Å²) in [6.07, 6.45) is 2.04. The van der Waals surface area contributed by atoms with Crippen molar-refractivity contribution in [3.63, 3.8) is 0 Å². The quantitative estimate of drug-likeness (QED) is 0.853. The summed E-state index contributed by atoms with van der Waals surface area (Å²) in [5, 5.41) is 4.41. The minimum atomic E-state index is 0.491. The Morgan fingerprint density at radius 2 is 2.19 bits per heavy atom. The first-order valence-corrected chi connectivity index (χ1v) is 8.60. The van der Waals surface area contributed by atoms with Crippen LogP contribution in [0.4, 0.5) is 5.13 Å². The van der Waals surface area contributed by atoms with Gasteiger partial charge in [0, 0.05) is 56.2 Å². The van der Waals surface area contributed by atoms with Gasteiger partial charge in [0.1, 0.15) is 5.82 Å². The van der Waals surface area contributed by atoms with Gasteiger partial charge < -0.3 is 14.8 Å². The molecule has 0 bridgehead atoms. The minimum Gasteiger partial charge on any atom is -0.381 e. The van der Waals surface area contributed by atoms with Gasteiger partial charge in [0.25, 0.3) is 0 Å². The molecule has 3 rings (SSSR count). The summed E-state index contributed by atoms with van der Waals surface area (Å²) in [5.74, 6) is 1.53. The largest absolute Gasteiger partial charge is 0.381 e. The van der Waals surface area contributed by atoms with E-state index in [2.05, 4.69) is 26.5 Å². The summed E-state index contributed by atoms with van der Waals surface area (Å²) >= 11 is 1.46. The van der Waals surface area contributed by atoms with Gasteiger partial charge in [0.2, 0.25) is 5.13 Å². The van der Waals surface area contributed by atoms with Gasteiger partial charge in [-0.25, -0.2) is 4.98 Å². The van der Waals surface area contributed by atoms with Gasteiger partial charge in [0.05, 0.1) is 19.8 Å². The van der Waals surface area contributed by atoms with Crippen LogP contribution in [0.25, 0.3) is 0 Å². The molecule has 2 fully saturated rings. The fraction of sp³-hybridized carbons (Fsp3) is 0.857. The van der Waals surface area contributed by atoms with E-state index in [1.54, 1.807) is 0 Å². The Morgan fingerprint density at radius 1 is 1.33 bits per heavy atom. The van der Waals surface area contributed by atoms with Crippen LogP contribution in [-0.2, 0) is 15.9 Å². The molecular weight excluding hydrogens is 288 g/mol. The molecule has 1 aromatic rings. The van der Waals surface area contributed by atoms with E-state index in [0.717, 1.165) is 69.9 Å². The number of nitrogens with zero attached hydrogens (tertiary/aromatic N) is 3. The zero-order valence-electron chi connectivity index (χ0n) is 12.6. The highest BCUT2D eigenvalue weighted by Gasteiger charge is 2.31. The predicted molar refractivity (Wildman–Crippen MR) is 82.9 cm³/mol. The summed E-state index contributed by atoms with van der Waals surface area (Å²) in [5.41, 5.74) is 0. The van der Waals surface area contributed by atoms with E-state index >= 15 is 0 Å². The molecule has 0 aliphatic carbocycles. The van der Waals surface area contributed by atoms with Crippen molar-refractivity contribution in [2.75, 3.05) is 51.4 Å². The summed E-state index contributed by atoms with van der Waals surface area (Å²) in [6.45, 7) is 8.46. The third-order valence-electron chi connectivity index (χ3n) is 4.27. The highest BCUT2D eigenvalue weighted by molar-refractivity contribution is 7.09. The Bertz CT molecular complexity index is 430. The lowest BCUT2D eigenvalue weighted by molar-refractivity contribution is 0.00461. The zero-order valence-corrected chi connectivity index (χ0v) is 13.4. The van der Waals surface area contributed by atoms with Crippen molar-refractivity contribution in [1.82, 2.24) is 14.3 Å². The van der Waals surface area contributed by atoms with Gasteiger partial charge in [-0.3, -0.25) is 4.90 Å². The second-order valence-electron chi connectivity index (χ2n) is 5.59. The van der Waals surface area contributed by atoms with E-state index in [4.69, 9.17) is 9.47 Å². The molecular formula is C14H24N4O2S. The highest BCUT2D eigenvalue weighted by Crippen LogP contribution is 2.23. The van der Waals surface area contributed by atoms with Gasteiger partial charge in [-0.2, -0.15) is 4.37 Å². The number of hydrogen-bond acceptors (Lipinski definition) is 7. The number of morpholine rings is 1.